The topological polar surface area (TPSA) is 53.5 Å². The SMILES string of the molecule is CNCC(C)C(=O)NC1=NC(c2ccc(F)cc2)CS1. The minimum atomic E-state index is -0.252. The third-order valence-electron chi connectivity index (χ3n) is 3.09. The van der Waals surface area contributed by atoms with Crippen molar-refractivity contribution in [1.29, 1.82) is 0 Å². The van der Waals surface area contributed by atoms with Gasteiger partial charge in [0.1, 0.15) is 5.82 Å². The number of amides is 1. The molecule has 0 aromatic heterocycles. The van der Waals surface area contributed by atoms with Crippen LogP contribution in [-0.4, -0.2) is 30.4 Å². The number of halogens is 1. The second-order valence-electron chi connectivity index (χ2n) is 4.76. The number of rotatable bonds is 4. The highest BCUT2D eigenvalue weighted by atomic mass is 32.2. The number of benzene rings is 1. The Labute approximate surface area is 122 Å². The fourth-order valence-corrected chi connectivity index (χ4v) is 2.88. The number of nitrogens with one attached hydrogen (secondary N) is 2. The van der Waals surface area contributed by atoms with Gasteiger partial charge in [-0.1, -0.05) is 30.8 Å². The Morgan fingerprint density at radius 3 is 2.85 bits per heavy atom. The van der Waals surface area contributed by atoms with E-state index in [0.29, 0.717) is 11.7 Å². The van der Waals surface area contributed by atoms with Crippen LogP contribution in [0, 0.1) is 11.7 Å². The van der Waals surface area contributed by atoms with Gasteiger partial charge in [-0.2, -0.15) is 0 Å². The number of thioether (sulfide) groups is 1. The third-order valence-corrected chi connectivity index (χ3v) is 4.06. The first-order valence-electron chi connectivity index (χ1n) is 6.51. The van der Waals surface area contributed by atoms with Gasteiger partial charge in [-0.05, 0) is 24.7 Å². The van der Waals surface area contributed by atoms with Crippen molar-refractivity contribution in [3.63, 3.8) is 0 Å². The molecule has 0 fully saturated rings. The van der Waals surface area contributed by atoms with Gasteiger partial charge in [0.05, 0.1) is 6.04 Å². The van der Waals surface area contributed by atoms with E-state index in [4.69, 9.17) is 0 Å². The van der Waals surface area contributed by atoms with Gasteiger partial charge in [-0.3, -0.25) is 9.79 Å². The number of amidine groups is 1. The summed E-state index contributed by atoms with van der Waals surface area (Å²) in [5.41, 5.74) is 0.964. The average Bonchev–Trinajstić information content (AvgIpc) is 2.88. The van der Waals surface area contributed by atoms with Gasteiger partial charge in [0.25, 0.3) is 0 Å². The highest BCUT2D eigenvalue weighted by Gasteiger charge is 2.22. The van der Waals surface area contributed by atoms with E-state index in [1.54, 1.807) is 12.1 Å². The molecule has 4 nitrogen and oxygen atoms in total. The van der Waals surface area contributed by atoms with E-state index in [-0.39, 0.29) is 23.7 Å². The van der Waals surface area contributed by atoms with E-state index >= 15 is 0 Å². The first-order chi connectivity index (χ1) is 9.60. The Morgan fingerprint density at radius 1 is 1.50 bits per heavy atom. The lowest BCUT2D eigenvalue weighted by Gasteiger charge is -2.10. The zero-order valence-corrected chi connectivity index (χ0v) is 12.3. The van der Waals surface area contributed by atoms with Gasteiger partial charge >= 0.3 is 0 Å². The van der Waals surface area contributed by atoms with Crippen LogP contribution in [-0.2, 0) is 4.79 Å². The number of hydrogen-bond donors (Lipinski definition) is 2. The lowest BCUT2D eigenvalue weighted by molar-refractivity contribution is -0.122. The molecule has 2 rings (SSSR count). The summed E-state index contributed by atoms with van der Waals surface area (Å²) in [4.78, 5) is 16.4. The van der Waals surface area contributed by atoms with Crippen LogP contribution in [0.3, 0.4) is 0 Å². The Bertz CT molecular complexity index is 504. The molecular weight excluding hydrogens is 277 g/mol. The maximum absolute atomic E-state index is 12.9. The van der Waals surface area contributed by atoms with Crippen molar-refractivity contribution in [2.75, 3.05) is 19.3 Å². The molecule has 1 heterocycles. The van der Waals surface area contributed by atoms with Crippen LogP contribution in [0.4, 0.5) is 4.39 Å². The highest BCUT2D eigenvalue weighted by molar-refractivity contribution is 8.14. The Hall–Kier alpha value is -1.40. The van der Waals surface area contributed by atoms with Gasteiger partial charge in [-0.25, -0.2) is 4.39 Å². The monoisotopic (exact) mass is 295 g/mol. The van der Waals surface area contributed by atoms with E-state index in [1.807, 2.05) is 14.0 Å². The van der Waals surface area contributed by atoms with Crippen LogP contribution in [0.1, 0.15) is 18.5 Å². The molecule has 1 aromatic carbocycles. The number of aliphatic imine (C=N–C) groups is 1. The second-order valence-corrected chi connectivity index (χ2v) is 5.77. The molecule has 6 heteroatoms. The smallest absolute Gasteiger partial charge is 0.230 e. The standard InChI is InChI=1S/C14H18FN3OS/c1-9(7-16-2)13(19)18-14-17-12(8-20-14)10-3-5-11(15)6-4-10/h3-6,9,12,16H,7-8H2,1-2H3,(H,17,18,19). The van der Waals surface area contributed by atoms with Gasteiger partial charge < -0.3 is 10.6 Å². The largest absolute Gasteiger partial charge is 0.319 e. The molecule has 1 aliphatic rings. The maximum Gasteiger partial charge on any atom is 0.230 e. The predicted octanol–water partition coefficient (Wildman–Crippen LogP) is 1.94. The lowest BCUT2D eigenvalue weighted by Crippen LogP contribution is -2.36. The molecule has 2 N–H and O–H groups in total. The Kier molecular flexibility index (Phi) is 5.14. The number of carbonyl (C=O) groups excluding carboxylic acids is 1. The third kappa shape index (κ3) is 3.80. The molecule has 1 aromatic rings. The molecule has 0 aliphatic carbocycles. The Balaban J connectivity index is 1.96. The quantitative estimate of drug-likeness (QED) is 0.892. The van der Waals surface area contributed by atoms with Crippen molar-refractivity contribution < 1.29 is 9.18 Å². The van der Waals surface area contributed by atoms with Crippen molar-refractivity contribution in [1.82, 2.24) is 10.6 Å². The van der Waals surface area contributed by atoms with Gasteiger partial charge in [0.15, 0.2) is 5.17 Å². The van der Waals surface area contributed by atoms with Crippen LogP contribution >= 0.6 is 11.8 Å². The van der Waals surface area contributed by atoms with Crippen LogP contribution < -0.4 is 10.6 Å². The van der Waals surface area contributed by atoms with Crippen LogP contribution in [0.15, 0.2) is 29.3 Å². The summed E-state index contributed by atoms with van der Waals surface area (Å²) in [5, 5.41) is 6.45. The molecular formula is C14H18FN3OS. The molecule has 1 aliphatic heterocycles. The molecule has 0 bridgehead atoms. The molecule has 108 valence electrons. The van der Waals surface area contributed by atoms with Crippen molar-refractivity contribution >= 4 is 22.8 Å². The van der Waals surface area contributed by atoms with E-state index in [1.165, 1.54) is 23.9 Å². The van der Waals surface area contributed by atoms with E-state index in [2.05, 4.69) is 15.6 Å². The molecule has 0 radical (unpaired) electrons. The average molecular weight is 295 g/mol. The molecule has 0 saturated carbocycles. The lowest BCUT2D eigenvalue weighted by atomic mass is 10.1. The minimum Gasteiger partial charge on any atom is -0.319 e. The van der Waals surface area contributed by atoms with E-state index in [0.717, 1.165) is 11.3 Å². The first-order valence-corrected chi connectivity index (χ1v) is 7.50. The number of hydrogen-bond acceptors (Lipinski definition) is 4. The maximum atomic E-state index is 12.9. The van der Waals surface area contributed by atoms with Crippen LogP contribution in [0.5, 0.6) is 0 Å². The summed E-state index contributed by atoms with van der Waals surface area (Å²) >= 11 is 1.52. The number of carbonyl (C=O) groups is 1. The zero-order valence-electron chi connectivity index (χ0n) is 11.5. The summed E-state index contributed by atoms with van der Waals surface area (Å²) in [6, 6.07) is 6.31. The second kappa shape index (κ2) is 6.85. The fraction of sp³-hybridized carbons (Fsp3) is 0.429. The van der Waals surface area contributed by atoms with Gasteiger partial charge in [0, 0.05) is 18.2 Å². The van der Waals surface area contributed by atoms with E-state index < -0.39 is 0 Å². The van der Waals surface area contributed by atoms with Gasteiger partial charge in [0.2, 0.25) is 5.91 Å². The zero-order chi connectivity index (χ0) is 14.5. The highest BCUT2D eigenvalue weighted by Crippen LogP contribution is 2.29. The predicted molar refractivity (Wildman–Crippen MR) is 80.3 cm³/mol. The first kappa shape index (κ1) is 15.0. The van der Waals surface area contributed by atoms with E-state index in [9.17, 15) is 9.18 Å². The molecule has 0 spiro atoms. The Morgan fingerprint density at radius 2 is 2.20 bits per heavy atom. The molecule has 0 saturated heterocycles. The van der Waals surface area contributed by atoms with Crippen LogP contribution in [0.25, 0.3) is 0 Å². The fourth-order valence-electron chi connectivity index (χ4n) is 1.93. The van der Waals surface area contributed by atoms with Crippen LogP contribution in [0.2, 0.25) is 0 Å². The normalized spacial score (nSPS) is 19.6. The minimum absolute atomic E-state index is 0.0180. The summed E-state index contributed by atoms with van der Waals surface area (Å²) in [7, 11) is 1.82. The van der Waals surface area contributed by atoms with Crippen molar-refractivity contribution in [2.24, 2.45) is 10.9 Å². The molecule has 1 amide bonds. The molecule has 2 atom stereocenters. The summed E-state index contributed by atoms with van der Waals surface area (Å²) in [5.74, 6) is 0.373. The van der Waals surface area contributed by atoms with Crippen molar-refractivity contribution in [2.45, 2.75) is 13.0 Å². The summed E-state index contributed by atoms with van der Waals surface area (Å²) < 4.78 is 12.9. The summed E-state index contributed by atoms with van der Waals surface area (Å²) in [6.07, 6.45) is 0. The summed E-state index contributed by atoms with van der Waals surface area (Å²) in [6.45, 7) is 2.49. The molecule has 2 unspecified atom stereocenters. The number of nitrogens with zero attached hydrogens (tertiary/aromatic N) is 1. The van der Waals surface area contributed by atoms with Crippen molar-refractivity contribution in [3.8, 4) is 0 Å². The van der Waals surface area contributed by atoms with Gasteiger partial charge in [-0.15, -0.1) is 0 Å². The van der Waals surface area contributed by atoms with Crippen molar-refractivity contribution in [3.05, 3.63) is 35.6 Å². The molecule has 20 heavy (non-hydrogen) atoms.